The van der Waals surface area contributed by atoms with Crippen LogP contribution >= 0.6 is 0 Å². The monoisotopic (exact) mass is 247 g/mol. The molecule has 1 aromatic rings. The average Bonchev–Trinajstić information content (AvgIpc) is 2.25. The highest BCUT2D eigenvalue weighted by atomic mass is 19.4. The van der Waals surface area contributed by atoms with Gasteiger partial charge in [-0.3, -0.25) is 0 Å². The lowest BCUT2D eigenvalue weighted by atomic mass is 10.00. The van der Waals surface area contributed by atoms with Crippen LogP contribution in [0.25, 0.3) is 0 Å². The predicted molar refractivity (Wildman–Crippen MR) is 57.8 cm³/mol. The first-order valence-corrected chi connectivity index (χ1v) is 5.09. The molecule has 0 saturated carbocycles. The van der Waals surface area contributed by atoms with Gasteiger partial charge in [0, 0.05) is 6.04 Å². The van der Waals surface area contributed by atoms with Gasteiger partial charge in [-0.05, 0) is 30.5 Å². The van der Waals surface area contributed by atoms with E-state index in [4.69, 9.17) is 5.73 Å². The van der Waals surface area contributed by atoms with Crippen LogP contribution in [0.1, 0.15) is 30.0 Å². The van der Waals surface area contributed by atoms with Crippen LogP contribution in [0.5, 0.6) is 0 Å². The van der Waals surface area contributed by atoms with Crippen molar-refractivity contribution in [3.8, 4) is 0 Å². The fraction of sp³-hybridized carbons (Fsp3) is 0.333. The van der Waals surface area contributed by atoms with Crippen LogP contribution in [0.3, 0.4) is 0 Å². The van der Waals surface area contributed by atoms with Crippen LogP contribution in [0, 0.1) is 5.82 Å². The molecular formula is C12H13F4N. The fourth-order valence-corrected chi connectivity index (χ4v) is 1.45. The number of hydrogen-bond donors (Lipinski definition) is 1. The maximum Gasteiger partial charge on any atom is 0.419 e. The van der Waals surface area contributed by atoms with Crippen LogP contribution in [0.4, 0.5) is 17.6 Å². The first-order valence-electron chi connectivity index (χ1n) is 5.09. The van der Waals surface area contributed by atoms with Crippen LogP contribution in [-0.2, 0) is 6.18 Å². The second-order valence-corrected chi connectivity index (χ2v) is 3.71. The smallest absolute Gasteiger partial charge is 0.324 e. The molecule has 0 unspecified atom stereocenters. The van der Waals surface area contributed by atoms with Crippen molar-refractivity contribution in [2.45, 2.75) is 25.1 Å². The van der Waals surface area contributed by atoms with Crippen LogP contribution in [0.15, 0.2) is 30.9 Å². The summed E-state index contributed by atoms with van der Waals surface area (Å²) >= 11 is 0. The van der Waals surface area contributed by atoms with Crippen molar-refractivity contribution < 1.29 is 17.6 Å². The Hall–Kier alpha value is -1.36. The van der Waals surface area contributed by atoms with Gasteiger partial charge >= 0.3 is 6.18 Å². The molecule has 0 saturated heterocycles. The Morgan fingerprint density at radius 2 is 2.00 bits per heavy atom. The van der Waals surface area contributed by atoms with Gasteiger partial charge in [0.2, 0.25) is 0 Å². The second-order valence-electron chi connectivity index (χ2n) is 3.71. The van der Waals surface area contributed by atoms with Crippen LogP contribution in [0.2, 0.25) is 0 Å². The average molecular weight is 247 g/mol. The van der Waals surface area contributed by atoms with E-state index in [0.29, 0.717) is 12.8 Å². The van der Waals surface area contributed by atoms with Gasteiger partial charge in [0.05, 0.1) is 5.56 Å². The van der Waals surface area contributed by atoms with Gasteiger partial charge in [0.25, 0.3) is 0 Å². The van der Waals surface area contributed by atoms with Gasteiger partial charge in [0.1, 0.15) is 5.82 Å². The topological polar surface area (TPSA) is 26.0 Å². The molecule has 1 rings (SSSR count). The first kappa shape index (κ1) is 13.7. The van der Waals surface area contributed by atoms with Gasteiger partial charge in [-0.2, -0.15) is 13.2 Å². The van der Waals surface area contributed by atoms with Crippen molar-refractivity contribution in [3.63, 3.8) is 0 Å². The highest BCUT2D eigenvalue weighted by Crippen LogP contribution is 2.33. The van der Waals surface area contributed by atoms with Gasteiger partial charge in [0.15, 0.2) is 0 Å². The lowest BCUT2D eigenvalue weighted by Gasteiger charge is -2.14. The number of hydrogen-bond acceptors (Lipinski definition) is 1. The molecule has 1 aromatic carbocycles. The molecule has 5 heteroatoms. The Labute approximate surface area is 96.9 Å². The Morgan fingerprint density at radius 3 is 2.53 bits per heavy atom. The maximum absolute atomic E-state index is 13.0. The second kappa shape index (κ2) is 5.31. The summed E-state index contributed by atoms with van der Waals surface area (Å²) in [6.07, 6.45) is -1.99. The normalized spacial score (nSPS) is 13.5. The van der Waals surface area contributed by atoms with Crippen LogP contribution in [-0.4, -0.2) is 0 Å². The highest BCUT2D eigenvalue weighted by molar-refractivity contribution is 5.29. The molecule has 0 amide bonds. The number of alkyl halides is 3. The summed E-state index contributed by atoms with van der Waals surface area (Å²) in [6, 6.07) is 2.29. The summed E-state index contributed by atoms with van der Waals surface area (Å²) in [6.45, 7) is 3.50. The van der Waals surface area contributed by atoms with E-state index in [1.165, 1.54) is 6.07 Å². The molecule has 1 atom stereocenters. The zero-order valence-corrected chi connectivity index (χ0v) is 9.10. The van der Waals surface area contributed by atoms with E-state index >= 15 is 0 Å². The van der Waals surface area contributed by atoms with E-state index < -0.39 is 23.6 Å². The molecule has 0 radical (unpaired) electrons. The number of allylic oxidation sites excluding steroid dienone is 1. The molecule has 0 aromatic heterocycles. The highest BCUT2D eigenvalue weighted by Gasteiger charge is 2.34. The summed E-state index contributed by atoms with van der Waals surface area (Å²) in [4.78, 5) is 0. The van der Waals surface area contributed by atoms with E-state index in [1.54, 1.807) is 6.08 Å². The van der Waals surface area contributed by atoms with Crippen molar-refractivity contribution in [3.05, 3.63) is 47.8 Å². The molecule has 2 N–H and O–H groups in total. The largest absolute Gasteiger partial charge is 0.419 e. The number of halogens is 4. The standard InChI is InChI=1S/C12H13F4N/c1-2-3-4-11(17)8-5-6-10(13)9(7-8)12(14,15)16/h2,5-7,11H,1,3-4,17H2/t11-/m0/s1. The van der Waals surface area contributed by atoms with E-state index in [9.17, 15) is 17.6 Å². The fourth-order valence-electron chi connectivity index (χ4n) is 1.45. The van der Waals surface area contributed by atoms with Crippen molar-refractivity contribution >= 4 is 0 Å². The quantitative estimate of drug-likeness (QED) is 0.635. The van der Waals surface area contributed by atoms with Crippen molar-refractivity contribution in [2.75, 3.05) is 0 Å². The summed E-state index contributed by atoms with van der Waals surface area (Å²) in [5, 5.41) is 0. The molecule has 17 heavy (non-hydrogen) atoms. The number of benzene rings is 1. The summed E-state index contributed by atoms with van der Waals surface area (Å²) in [5.74, 6) is -1.28. The zero-order chi connectivity index (χ0) is 13.1. The van der Waals surface area contributed by atoms with Crippen molar-refractivity contribution in [1.29, 1.82) is 0 Å². The SMILES string of the molecule is C=CCC[C@H](N)c1ccc(F)c(C(F)(F)F)c1. The van der Waals surface area contributed by atoms with E-state index in [1.807, 2.05) is 0 Å². The van der Waals surface area contributed by atoms with E-state index in [-0.39, 0.29) is 5.56 Å². The maximum atomic E-state index is 13.0. The van der Waals surface area contributed by atoms with E-state index in [0.717, 1.165) is 12.1 Å². The van der Waals surface area contributed by atoms with Crippen molar-refractivity contribution in [2.24, 2.45) is 5.73 Å². The summed E-state index contributed by atoms with van der Waals surface area (Å²) < 4.78 is 50.3. The van der Waals surface area contributed by atoms with Gasteiger partial charge in [-0.25, -0.2) is 4.39 Å². The van der Waals surface area contributed by atoms with Crippen LogP contribution < -0.4 is 5.73 Å². The lowest BCUT2D eigenvalue weighted by molar-refractivity contribution is -0.140. The minimum atomic E-state index is -4.70. The Bertz CT molecular complexity index is 398. The molecule has 94 valence electrons. The zero-order valence-electron chi connectivity index (χ0n) is 9.10. The molecule has 0 bridgehead atoms. The Morgan fingerprint density at radius 1 is 1.35 bits per heavy atom. The molecule has 0 aliphatic heterocycles. The number of rotatable bonds is 4. The van der Waals surface area contributed by atoms with Gasteiger partial charge in [-0.15, -0.1) is 6.58 Å². The molecule has 0 aliphatic carbocycles. The minimum Gasteiger partial charge on any atom is -0.324 e. The third-order valence-electron chi connectivity index (χ3n) is 2.41. The molecule has 0 spiro atoms. The van der Waals surface area contributed by atoms with E-state index in [2.05, 4.69) is 6.58 Å². The van der Waals surface area contributed by atoms with Gasteiger partial charge < -0.3 is 5.73 Å². The first-order chi connectivity index (χ1) is 7.86. The number of nitrogens with two attached hydrogens (primary N) is 1. The minimum absolute atomic E-state index is 0.278. The molecule has 0 aliphatic rings. The Kier molecular flexibility index (Phi) is 4.28. The Balaban J connectivity index is 3.00. The third kappa shape index (κ3) is 3.56. The molecule has 1 nitrogen and oxygen atoms in total. The van der Waals surface area contributed by atoms with Gasteiger partial charge in [-0.1, -0.05) is 12.1 Å². The predicted octanol–water partition coefficient (Wildman–Crippen LogP) is 3.81. The molecule has 0 heterocycles. The molecule has 0 fully saturated rings. The lowest BCUT2D eigenvalue weighted by Crippen LogP contribution is -2.14. The summed E-state index contributed by atoms with van der Waals surface area (Å²) in [5.41, 5.74) is 4.71. The van der Waals surface area contributed by atoms with Crippen molar-refractivity contribution in [1.82, 2.24) is 0 Å². The summed E-state index contributed by atoms with van der Waals surface area (Å²) in [7, 11) is 0. The molecular weight excluding hydrogens is 234 g/mol. The third-order valence-corrected chi connectivity index (χ3v) is 2.41.